The number of hydrogen-bond acceptors (Lipinski definition) is 3. The van der Waals surface area contributed by atoms with E-state index < -0.39 is 0 Å². The molecule has 0 fully saturated rings. The first-order valence-corrected chi connectivity index (χ1v) is 5.40. The summed E-state index contributed by atoms with van der Waals surface area (Å²) in [5.74, 6) is 0. The van der Waals surface area contributed by atoms with Gasteiger partial charge in [-0.15, -0.1) is 11.3 Å². The van der Waals surface area contributed by atoms with E-state index in [4.69, 9.17) is 5.73 Å². The van der Waals surface area contributed by atoms with Gasteiger partial charge >= 0.3 is 0 Å². The van der Waals surface area contributed by atoms with Crippen LogP contribution in [0.3, 0.4) is 0 Å². The number of aromatic amines is 1. The Morgan fingerprint density at radius 2 is 2.38 bits per heavy atom. The number of rotatable bonds is 1. The lowest BCUT2D eigenvalue weighted by molar-refractivity contribution is 1.10. The van der Waals surface area contributed by atoms with E-state index in [9.17, 15) is 0 Å². The molecule has 3 nitrogen and oxygen atoms in total. The maximum atomic E-state index is 5.74. The van der Waals surface area contributed by atoms with Gasteiger partial charge in [-0.1, -0.05) is 0 Å². The van der Waals surface area contributed by atoms with Gasteiger partial charge in [-0.3, -0.25) is 5.10 Å². The van der Waals surface area contributed by atoms with Gasteiger partial charge in [0.2, 0.25) is 0 Å². The third-order valence-corrected chi connectivity index (χ3v) is 4.19. The molecule has 0 atom stereocenters. The molecule has 0 radical (unpaired) electrons. The van der Waals surface area contributed by atoms with Crippen LogP contribution in [0.2, 0.25) is 0 Å². The molecule has 0 aliphatic rings. The summed E-state index contributed by atoms with van der Waals surface area (Å²) < 4.78 is 1.09. The number of aryl methyl sites for hydroxylation is 1. The van der Waals surface area contributed by atoms with Crippen LogP contribution in [-0.2, 0) is 0 Å². The topological polar surface area (TPSA) is 54.7 Å². The van der Waals surface area contributed by atoms with Crippen LogP contribution >= 0.6 is 27.3 Å². The van der Waals surface area contributed by atoms with Crippen LogP contribution in [-0.4, -0.2) is 10.2 Å². The number of nitrogens with zero attached hydrogens (tertiary/aromatic N) is 1. The summed E-state index contributed by atoms with van der Waals surface area (Å²) in [5.41, 5.74) is 8.54. The van der Waals surface area contributed by atoms with Crippen molar-refractivity contribution in [2.75, 3.05) is 5.73 Å². The highest BCUT2D eigenvalue weighted by molar-refractivity contribution is 9.10. The smallest absolute Gasteiger partial charge is 0.0991 e. The van der Waals surface area contributed by atoms with E-state index in [1.165, 1.54) is 5.56 Å². The number of hydrogen-bond donors (Lipinski definition) is 2. The summed E-state index contributed by atoms with van der Waals surface area (Å²) in [4.78, 5) is 1.10. The number of aromatic nitrogens is 2. The molecule has 2 rings (SSSR count). The van der Waals surface area contributed by atoms with Crippen LogP contribution in [0.25, 0.3) is 10.6 Å². The van der Waals surface area contributed by atoms with Crippen molar-refractivity contribution in [3.63, 3.8) is 0 Å². The molecule has 0 amide bonds. The molecule has 13 heavy (non-hydrogen) atoms. The van der Waals surface area contributed by atoms with E-state index in [2.05, 4.69) is 38.4 Å². The highest BCUT2D eigenvalue weighted by Gasteiger charge is 2.11. The molecular weight excluding hydrogens is 250 g/mol. The average Bonchev–Trinajstić information content (AvgIpc) is 2.62. The minimum Gasteiger partial charge on any atom is -0.396 e. The van der Waals surface area contributed by atoms with Crippen LogP contribution in [0, 0.1) is 6.92 Å². The van der Waals surface area contributed by atoms with E-state index in [-0.39, 0.29) is 0 Å². The molecule has 0 saturated carbocycles. The van der Waals surface area contributed by atoms with E-state index in [0.717, 1.165) is 15.0 Å². The second kappa shape index (κ2) is 3.16. The predicted molar refractivity (Wildman–Crippen MR) is 58.8 cm³/mol. The fourth-order valence-corrected chi connectivity index (χ4v) is 2.78. The van der Waals surface area contributed by atoms with Gasteiger partial charge in [-0.25, -0.2) is 0 Å². The second-order valence-electron chi connectivity index (χ2n) is 2.76. The Hall–Kier alpha value is -0.810. The van der Waals surface area contributed by atoms with Crippen LogP contribution in [0.5, 0.6) is 0 Å². The van der Waals surface area contributed by atoms with Crippen LogP contribution in [0.1, 0.15) is 5.56 Å². The average molecular weight is 258 g/mol. The largest absolute Gasteiger partial charge is 0.396 e. The summed E-state index contributed by atoms with van der Waals surface area (Å²) in [5, 5.41) is 8.85. The predicted octanol–water partition coefficient (Wildman–Crippen LogP) is 2.79. The fraction of sp³-hybridized carbons (Fsp3) is 0.125. The molecule has 2 heterocycles. The second-order valence-corrected chi connectivity index (χ2v) is 4.43. The number of anilines is 1. The molecule has 68 valence electrons. The van der Waals surface area contributed by atoms with E-state index in [0.29, 0.717) is 5.69 Å². The number of nitrogens with two attached hydrogens (primary N) is 1. The summed E-state index contributed by atoms with van der Waals surface area (Å²) >= 11 is 5.16. The molecular formula is C8H8BrN3S. The van der Waals surface area contributed by atoms with E-state index >= 15 is 0 Å². The molecule has 0 aromatic carbocycles. The Labute approximate surface area is 88.1 Å². The Morgan fingerprint density at radius 1 is 1.62 bits per heavy atom. The lowest BCUT2D eigenvalue weighted by atomic mass is 10.3. The molecule has 2 aromatic rings. The lowest BCUT2D eigenvalue weighted by Gasteiger charge is -1.95. The van der Waals surface area contributed by atoms with Gasteiger partial charge in [0.1, 0.15) is 0 Å². The summed E-state index contributed by atoms with van der Waals surface area (Å²) in [6.45, 7) is 2.05. The third kappa shape index (κ3) is 1.38. The Balaban J connectivity index is 2.59. The van der Waals surface area contributed by atoms with Crippen molar-refractivity contribution in [1.29, 1.82) is 0 Å². The number of H-pyrrole nitrogens is 1. The quantitative estimate of drug-likeness (QED) is 0.826. The molecule has 0 bridgehead atoms. The zero-order chi connectivity index (χ0) is 9.42. The van der Waals surface area contributed by atoms with Crippen LogP contribution in [0.4, 0.5) is 5.69 Å². The van der Waals surface area contributed by atoms with Gasteiger partial charge in [0.05, 0.1) is 22.5 Å². The Kier molecular flexibility index (Phi) is 2.13. The van der Waals surface area contributed by atoms with Crippen molar-refractivity contribution in [3.05, 3.63) is 21.6 Å². The van der Waals surface area contributed by atoms with E-state index in [1.807, 2.05) is 0 Å². The van der Waals surface area contributed by atoms with Crippen molar-refractivity contribution in [3.8, 4) is 10.6 Å². The third-order valence-electron chi connectivity index (χ3n) is 1.79. The summed E-state index contributed by atoms with van der Waals surface area (Å²) in [7, 11) is 0. The van der Waals surface area contributed by atoms with Crippen molar-refractivity contribution in [2.45, 2.75) is 6.92 Å². The highest BCUT2D eigenvalue weighted by Crippen LogP contribution is 2.37. The molecule has 5 heteroatoms. The monoisotopic (exact) mass is 257 g/mol. The van der Waals surface area contributed by atoms with Gasteiger partial charge < -0.3 is 5.73 Å². The van der Waals surface area contributed by atoms with Gasteiger partial charge in [0.15, 0.2) is 0 Å². The minimum absolute atomic E-state index is 0.683. The Bertz CT molecular complexity index is 432. The summed E-state index contributed by atoms with van der Waals surface area (Å²) in [6.07, 6.45) is 1.62. The van der Waals surface area contributed by atoms with Gasteiger partial charge in [0, 0.05) is 4.47 Å². The molecule has 2 aromatic heterocycles. The van der Waals surface area contributed by atoms with Gasteiger partial charge in [-0.2, -0.15) is 5.10 Å². The summed E-state index contributed by atoms with van der Waals surface area (Å²) in [6, 6.07) is 0. The van der Waals surface area contributed by atoms with Gasteiger partial charge in [-0.05, 0) is 33.8 Å². The maximum absolute atomic E-state index is 5.74. The highest BCUT2D eigenvalue weighted by atomic mass is 79.9. The number of nitrogen functional groups attached to an aromatic ring is 1. The van der Waals surface area contributed by atoms with Crippen molar-refractivity contribution in [2.24, 2.45) is 0 Å². The molecule has 0 saturated heterocycles. The minimum atomic E-state index is 0.683. The Morgan fingerprint density at radius 3 is 2.85 bits per heavy atom. The van der Waals surface area contributed by atoms with Crippen LogP contribution in [0.15, 0.2) is 16.0 Å². The number of thiophene rings is 1. The first kappa shape index (κ1) is 8.77. The van der Waals surface area contributed by atoms with Crippen molar-refractivity contribution < 1.29 is 0 Å². The molecule has 0 aliphatic carbocycles. The number of nitrogens with one attached hydrogen (secondary N) is 1. The zero-order valence-corrected chi connectivity index (χ0v) is 9.37. The lowest BCUT2D eigenvalue weighted by Crippen LogP contribution is -1.84. The maximum Gasteiger partial charge on any atom is 0.0991 e. The zero-order valence-electron chi connectivity index (χ0n) is 6.97. The number of halogens is 1. The first-order chi connectivity index (χ1) is 6.20. The fourth-order valence-electron chi connectivity index (χ4n) is 1.08. The van der Waals surface area contributed by atoms with Crippen LogP contribution < -0.4 is 5.73 Å². The molecule has 0 aliphatic heterocycles. The van der Waals surface area contributed by atoms with Crippen molar-refractivity contribution >= 4 is 33.0 Å². The molecule has 0 spiro atoms. The first-order valence-electron chi connectivity index (χ1n) is 3.73. The van der Waals surface area contributed by atoms with E-state index in [1.54, 1.807) is 17.5 Å². The standard InChI is InChI=1S/C8H8BrN3S/c1-4-3-13-8(6(4)9)7-5(10)2-11-12-7/h2-3H,10H2,1H3,(H,11,12). The SMILES string of the molecule is Cc1csc(-c2[nH]ncc2N)c1Br. The molecule has 3 N–H and O–H groups in total. The molecule has 0 unspecified atom stereocenters. The van der Waals surface area contributed by atoms with Crippen molar-refractivity contribution in [1.82, 2.24) is 10.2 Å². The normalized spacial score (nSPS) is 10.6. The van der Waals surface area contributed by atoms with Gasteiger partial charge in [0.25, 0.3) is 0 Å².